The molecule has 3 heteroatoms. The number of rotatable bonds is 4. The van der Waals surface area contributed by atoms with E-state index in [-0.39, 0.29) is 5.91 Å². The van der Waals surface area contributed by atoms with Crippen LogP contribution in [0.15, 0.2) is 42.5 Å². The summed E-state index contributed by atoms with van der Waals surface area (Å²) in [7, 11) is 1.67. The summed E-state index contributed by atoms with van der Waals surface area (Å²) in [5.41, 5.74) is 5.05. The van der Waals surface area contributed by atoms with E-state index in [9.17, 15) is 4.79 Å². The summed E-state index contributed by atoms with van der Waals surface area (Å²) in [5, 5.41) is 1.11. The fourth-order valence-electron chi connectivity index (χ4n) is 3.24. The van der Waals surface area contributed by atoms with E-state index in [0.29, 0.717) is 5.56 Å². The van der Waals surface area contributed by atoms with Crippen LogP contribution in [-0.4, -0.2) is 17.6 Å². The van der Waals surface area contributed by atoms with E-state index in [1.165, 1.54) is 5.56 Å². The zero-order chi connectivity index (χ0) is 17.3. The van der Waals surface area contributed by atoms with Crippen molar-refractivity contribution >= 4 is 16.8 Å². The minimum Gasteiger partial charge on any atom is -0.497 e. The lowest BCUT2D eigenvalue weighted by molar-refractivity contribution is 0.0963. The summed E-state index contributed by atoms with van der Waals surface area (Å²) in [6, 6.07) is 13.7. The minimum atomic E-state index is 0.0185. The second-order valence-electron chi connectivity index (χ2n) is 6.20. The topological polar surface area (TPSA) is 31.2 Å². The van der Waals surface area contributed by atoms with Crippen molar-refractivity contribution in [3.05, 3.63) is 64.8 Å². The molecule has 0 unspecified atom stereocenters. The van der Waals surface area contributed by atoms with E-state index in [1.54, 1.807) is 7.11 Å². The zero-order valence-electron chi connectivity index (χ0n) is 14.7. The molecule has 124 valence electrons. The highest BCUT2D eigenvalue weighted by atomic mass is 16.5. The van der Waals surface area contributed by atoms with Gasteiger partial charge in [-0.25, -0.2) is 0 Å². The summed E-state index contributed by atoms with van der Waals surface area (Å²) in [5.74, 6) is 0.838. The second kappa shape index (κ2) is 6.52. The molecular formula is C21H23NO2. The third-order valence-electron chi connectivity index (χ3n) is 4.54. The van der Waals surface area contributed by atoms with Gasteiger partial charge in [-0.05, 0) is 56.2 Å². The first-order valence-corrected chi connectivity index (χ1v) is 8.36. The molecule has 0 saturated carbocycles. The molecule has 0 aliphatic rings. The highest BCUT2D eigenvalue weighted by molar-refractivity contribution is 6.04. The Bertz CT molecular complexity index is 888. The molecule has 2 aromatic carbocycles. The van der Waals surface area contributed by atoms with E-state index >= 15 is 0 Å². The highest BCUT2D eigenvalue weighted by Crippen LogP contribution is 2.31. The first-order chi connectivity index (χ1) is 11.6. The molecule has 0 atom stereocenters. The monoisotopic (exact) mass is 321 g/mol. The predicted molar refractivity (Wildman–Crippen MR) is 98.1 cm³/mol. The van der Waals surface area contributed by atoms with Crippen molar-refractivity contribution in [1.29, 1.82) is 0 Å². The van der Waals surface area contributed by atoms with Crippen LogP contribution in [-0.2, 0) is 6.42 Å². The van der Waals surface area contributed by atoms with Crippen molar-refractivity contribution in [2.45, 2.75) is 33.6 Å². The van der Waals surface area contributed by atoms with Gasteiger partial charge in [-0.2, -0.15) is 0 Å². The van der Waals surface area contributed by atoms with Gasteiger partial charge in [-0.1, -0.05) is 31.0 Å². The van der Waals surface area contributed by atoms with E-state index in [0.717, 1.165) is 40.8 Å². The molecule has 0 N–H and O–H groups in total. The number of hydrogen-bond donors (Lipinski definition) is 0. The van der Waals surface area contributed by atoms with Crippen LogP contribution in [0.4, 0.5) is 0 Å². The largest absolute Gasteiger partial charge is 0.497 e. The van der Waals surface area contributed by atoms with Crippen molar-refractivity contribution < 1.29 is 9.53 Å². The van der Waals surface area contributed by atoms with Crippen molar-refractivity contribution in [2.24, 2.45) is 0 Å². The normalized spacial score (nSPS) is 11.0. The Kier molecular flexibility index (Phi) is 4.43. The number of nitrogens with zero attached hydrogens (tertiary/aromatic N) is 1. The fraction of sp³-hybridized carbons (Fsp3) is 0.286. The molecule has 0 saturated heterocycles. The molecule has 0 fully saturated rings. The third kappa shape index (κ3) is 2.71. The SMILES string of the molecule is CCCc1c(C)n(C(=O)c2ccc(C)cc2)c2ccc(OC)cc12. The summed E-state index contributed by atoms with van der Waals surface area (Å²) in [4.78, 5) is 13.1. The number of aromatic nitrogens is 1. The Morgan fingerprint density at radius 2 is 1.79 bits per heavy atom. The Hall–Kier alpha value is -2.55. The maximum absolute atomic E-state index is 13.1. The molecular weight excluding hydrogens is 298 g/mol. The van der Waals surface area contributed by atoms with Crippen molar-refractivity contribution in [3.63, 3.8) is 0 Å². The molecule has 1 heterocycles. The van der Waals surface area contributed by atoms with E-state index in [1.807, 2.05) is 60.9 Å². The highest BCUT2D eigenvalue weighted by Gasteiger charge is 2.19. The lowest BCUT2D eigenvalue weighted by Crippen LogP contribution is -2.13. The maximum Gasteiger partial charge on any atom is 0.262 e. The number of carbonyl (C=O) groups is 1. The third-order valence-corrected chi connectivity index (χ3v) is 4.54. The van der Waals surface area contributed by atoms with Gasteiger partial charge in [-0.3, -0.25) is 9.36 Å². The standard InChI is InChI=1S/C21H23NO2/c1-5-6-18-15(3)22(20-12-11-17(24-4)13-19(18)20)21(23)16-9-7-14(2)8-10-16/h7-13H,5-6H2,1-4H3. The zero-order valence-corrected chi connectivity index (χ0v) is 14.7. The van der Waals surface area contributed by atoms with Crippen LogP contribution in [0.1, 0.15) is 40.5 Å². The van der Waals surface area contributed by atoms with Gasteiger partial charge in [0.05, 0.1) is 12.6 Å². The van der Waals surface area contributed by atoms with E-state index in [4.69, 9.17) is 4.74 Å². The van der Waals surface area contributed by atoms with Gasteiger partial charge >= 0.3 is 0 Å². The first-order valence-electron chi connectivity index (χ1n) is 8.36. The van der Waals surface area contributed by atoms with E-state index in [2.05, 4.69) is 6.92 Å². The Labute approximate surface area is 142 Å². The smallest absolute Gasteiger partial charge is 0.262 e. The summed E-state index contributed by atoms with van der Waals surface area (Å²) in [6.07, 6.45) is 1.99. The number of fused-ring (bicyclic) bond motifs is 1. The molecule has 0 spiro atoms. The summed E-state index contributed by atoms with van der Waals surface area (Å²) < 4.78 is 7.21. The van der Waals surface area contributed by atoms with Crippen LogP contribution < -0.4 is 4.74 Å². The Balaban J connectivity index is 2.21. The number of carbonyl (C=O) groups excluding carboxylic acids is 1. The Morgan fingerprint density at radius 3 is 2.42 bits per heavy atom. The number of hydrogen-bond acceptors (Lipinski definition) is 2. The van der Waals surface area contributed by atoms with Crippen LogP contribution in [0.3, 0.4) is 0 Å². The van der Waals surface area contributed by atoms with Gasteiger partial charge < -0.3 is 4.74 Å². The second-order valence-corrected chi connectivity index (χ2v) is 6.20. The van der Waals surface area contributed by atoms with Crippen LogP contribution in [0.5, 0.6) is 5.75 Å². The van der Waals surface area contributed by atoms with Crippen LogP contribution in [0, 0.1) is 13.8 Å². The summed E-state index contributed by atoms with van der Waals surface area (Å²) >= 11 is 0. The molecule has 0 aliphatic heterocycles. The van der Waals surface area contributed by atoms with Crippen molar-refractivity contribution in [2.75, 3.05) is 7.11 Å². The molecule has 3 nitrogen and oxygen atoms in total. The minimum absolute atomic E-state index is 0.0185. The van der Waals surface area contributed by atoms with Crippen molar-refractivity contribution in [3.8, 4) is 5.75 Å². The Morgan fingerprint density at radius 1 is 1.08 bits per heavy atom. The molecule has 0 bridgehead atoms. The molecule has 0 aliphatic carbocycles. The van der Waals surface area contributed by atoms with Crippen molar-refractivity contribution in [1.82, 2.24) is 4.57 Å². The van der Waals surface area contributed by atoms with Gasteiger partial charge in [0, 0.05) is 16.6 Å². The number of aryl methyl sites for hydroxylation is 2. The lowest BCUT2D eigenvalue weighted by atomic mass is 10.1. The van der Waals surface area contributed by atoms with Crippen LogP contribution >= 0.6 is 0 Å². The first kappa shape index (κ1) is 16.3. The van der Waals surface area contributed by atoms with Gasteiger partial charge in [0.15, 0.2) is 0 Å². The molecule has 3 aromatic rings. The molecule has 0 radical (unpaired) electrons. The number of methoxy groups -OCH3 is 1. The predicted octanol–water partition coefficient (Wildman–Crippen LogP) is 4.91. The quantitative estimate of drug-likeness (QED) is 0.684. The van der Waals surface area contributed by atoms with E-state index < -0.39 is 0 Å². The van der Waals surface area contributed by atoms with Gasteiger partial charge in [0.1, 0.15) is 5.75 Å². The lowest BCUT2D eigenvalue weighted by Gasteiger charge is -2.08. The van der Waals surface area contributed by atoms with Gasteiger partial charge in [0.25, 0.3) is 5.91 Å². The summed E-state index contributed by atoms with van der Waals surface area (Å²) in [6.45, 7) is 6.21. The molecule has 24 heavy (non-hydrogen) atoms. The van der Waals surface area contributed by atoms with Gasteiger partial charge in [-0.15, -0.1) is 0 Å². The fourth-order valence-corrected chi connectivity index (χ4v) is 3.24. The van der Waals surface area contributed by atoms with Gasteiger partial charge in [0.2, 0.25) is 0 Å². The molecule has 0 amide bonds. The average Bonchev–Trinajstić information content (AvgIpc) is 2.86. The average molecular weight is 321 g/mol. The molecule has 3 rings (SSSR count). The van der Waals surface area contributed by atoms with Crippen LogP contribution in [0.25, 0.3) is 10.9 Å². The maximum atomic E-state index is 13.1. The number of benzene rings is 2. The van der Waals surface area contributed by atoms with Crippen LogP contribution in [0.2, 0.25) is 0 Å². The molecule has 1 aromatic heterocycles. The number of ether oxygens (including phenoxy) is 1.